The van der Waals surface area contributed by atoms with E-state index in [9.17, 15) is 0 Å². The van der Waals surface area contributed by atoms with Gasteiger partial charge in [-0.05, 0) is 37.3 Å². The summed E-state index contributed by atoms with van der Waals surface area (Å²) in [5.74, 6) is 0. The van der Waals surface area contributed by atoms with Crippen molar-refractivity contribution in [3.05, 3.63) is 41.4 Å². The Labute approximate surface area is 100 Å². The highest BCUT2D eigenvalue weighted by Crippen LogP contribution is 2.14. The van der Waals surface area contributed by atoms with Crippen molar-refractivity contribution in [3.63, 3.8) is 0 Å². The van der Waals surface area contributed by atoms with E-state index in [1.54, 1.807) is 0 Å². The van der Waals surface area contributed by atoms with Crippen molar-refractivity contribution in [2.45, 2.75) is 6.92 Å². The summed E-state index contributed by atoms with van der Waals surface area (Å²) in [6.45, 7) is 6.39. The molecule has 4 heteroatoms. The molecule has 0 atom stereocenters. The van der Waals surface area contributed by atoms with Gasteiger partial charge in [0.15, 0.2) is 5.11 Å². The first kappa shape index (κ1) is 12.0. The normalized spacial score (nSPS) is 9.47. The van der Waals surface area contributed by atoms with E-state index in [1.807, 2.05) is 31.2 Å². The van der Waals surface area contributed by atoms with Gasteiger partial charge in [-0.2, -0.15) is 0 Å². The Hall–Kier alpha value is -1.06. The first-order valence-corrected chi connectivity index (χ1v) is 5.31. The maximum absolute atomic E-state index is 5.84. The minimum Gasteiger partial charge on any atom is -0.359 e. The molecule has 1 aromatic carbocycles. The average molecular weight is 241 g/mol. The molecule has 0 saturated carbocycles. The highest BCUT2D eigenvalue weighted by Gasteiger charge is 1.97. The summed E-state index contributed by atoms with van der Waals surface area (Å²) in [4.78, 5) is 0. The molecule has 1 aromatic rings. The zero-order valence-corrected chi connectivity index (χ0v) is 10.1. The van der Waals surface area contributed by atoms with Gasteiger partial charge in [-0.15, -0.1) is 0 Å². The molecule has 0 aliphatic heterocycles. The van der Waals surface area contributed by atoms with Crippen LogP contribution in [0.2, 0.25) is 5.02 Å². The van der Waals surface area contributed by atoms with Crippen molar-refractivity contribution in [2.24, 2.45) is 0 Å². The topological polar surface area (TPSA) is 24.1 Å². The van der Waals surface area contributed by atoms with Crippen molar-refractivity contribution in [3.8, 4) is 0 Å². The molecule has 0 radical (unpaired) electrons. The monoisotopic (exact) mass is 240 g/mol. The predicted molar refractivity (Wildman–Crippen MR) is 70.5 cm³/mol. The van der Waals surface area contributed by atoms with Gasteiger partial charge in [0.1, 0.15) is 0 Å². The van der Waals surface area contributed by atoms with Crippen molar-refractivity contribution >= 4 is 34.6 Å². The SMILES string of the molecule is C=C(C)CNC(=S)Nc1cccc(Cl)c1. The minimum atomic E-state index is 0.570. The van der Waals surface area contributed by atoms with Crippen LogP contribution in [-0.2, 0) is 0 Å². The number of hydrogen-bond acceptors (Lipinski definition) is 1. The van der Waals surface area contributed by atoms with Crippen molar-refractivity contribution in [2.75, 3.05) is 11.9 Å². The second kappa shape index (κ2) is 5.73. The molecule has 1 rings (SSSR count). The van der Waals surface area contributed by atoms with Crippen LogP contribution in [0.1, 0.15) is 6.92 Å². The van der Waals surface area contributed by atoms with Crippen LogP contribution in [0, 0.1) is 0 Å². The Kier molecular flexibility index (Phi) is 4.59. The van der Waals surface area contributed by atoms with E-state index in [4.69, 9.17) is 23.8 Å². The zero-order valence-electron chi connectivity index (χ0n) is 8.51. The quantitative estimate of drug-likeness (QED) is 0.627. The number of hydrogen-bond donors (Lipinski definition) is 2. The maximum atomic E-state index is 5.84. The van der Waals surface area contributed by atoms with Gasteiger partial charge in [-0.25, -0.2) is 0 Å². The summed E-state index contributed by atoms with van der Waals surface area (Å²) in [5, 5.41) is 7.31. The third-order valence-corrected chi connectivity index (χ3v) is 2.11. The van der Waals surface area contributed by atoms with E-state index in [0.29, 0.717) is 16.7 Å². The maximum Gasteiger partial charge on any atom is 0.171 e. The number of benzene rings is 1. The van der Waals surface area contributed by atoms with Gasteiger partial charge in [0.25, 0.3) is 0 Å². The lowest BCUT2D eigenvalue weighted by Gasteiger charge is -2.10. The van der Waals surface area contributed by atoms with E-state index in [0.717, 1.165) is 11.3 Å². The van der Waals surface area contributed by atoms with Gasteiger partial charge in [-0.3, -0.25) is 0 Å². The van der Waals surface area contributed by atoms with E-state index in [1.165, 1.54) is 0 Å². The number of halogens is 1. The molecule has 2 N–H and O–H groups in total. The molecule has 0 amide bonds. The highest BCUT2D eigenvalue weighted by atomic mass is 35.5. The standard InChI is InChI=1S/C11H13ClN2S/c1-8(2)7-13-11(15)14-10-5-3-4-9(12)6-10/h3-6H,1,7H2,2H3,(H2,13,14,15). The van der Waals surface area contributed by atoms with Crippen LogP contribution in [0.4, 0.5) is 5.69 Å². The van der Waals surface area contributed by atoms with Crippen LogP contribution < -0.4 is 10.6 Å². The third kappa shape index (κ3) is 4.81. The molecule has 0 spiro atoms. The van der Waals surface area contributed by atoms with Crippen molar-refractivity contribution < 1.29 is 0 Å². The van der Waals surface area contributed by atoms with E-state index in [2.05, 4.69) is 17.2 Å². The summed E-state index contributed by atoms with van der Waals surface area (Å²) >= 11 is 10.9. The predicted octanol–water partition coefficient (Wildman–Crippen LogP) is 3.20. The lowest BCUT2D eigenvalue weighted by atomic mass is 10.3. The number of thiocarbonyl (C=S) groups is 1. The van der Waals surface area contributed by atoms with Crippen molar-refractivity contribution in [1.29, 1.82) is 0 Å². The van der Waals surface area contributed by atoms with Gasteiger partial charge in [0.2, 0.25) is 0 Å². The van der Waals surface area contributed by atoms with Crippen LogP contribution in [0.5, 0.6) is 0 Å². The fraction of sp³-hybridized carbons (Fsp3) is 0.182. The molecule has 0 aliphatic rings. The van der Waals surface area contributed by atoms with E-state index < -0.39 is 0 Å². The lowest BCUT2D eigenvalue weighted by molar-refractivity contribution is 1.000. The first-order chi connectivity index (χ1) is 7.08. The molecule has 0 saturated heterocycles. The second-order valence-corrected chi connectivity index (χ2v) is 4.12. The fourth-order valence-corrected chi connectivity index (χ4v) is 1.35. The molecule has 0 bridgehead atoms. The zero-order chi connectivity index (χ0) is 11.3. The largest absolute Gasteiger partial charge is 0.359 e. The Morgan fingerprint density at radius 2 is 2.27 bits per heavy atom. The summed E-state index contributed by atoms with van der Waals surface area (Å²) in [6, 6.07) is 7.40. The Morgan fingerprint density at radius 3 is 2.87 bits per heavy atom. The van der Waals surface area contributed by atoms with Crippen LogP contribution in [0.25, 0.3) is 0 Å². The summed E-state index contributed by atoms with van der Waals surface area (Å²) in [7, 11) is 0. The van der Waals surface area contributed by atoms with Gasteiger partial charge in [-0.1, -0.05) is 29.8 Å². The van der Waals surface area contributed by atoms with Crippen LogP contribution in [-0.4, -0.2) is 11.7 Å². The molecular weight excluding hydrogens is 228 g/mol. The van der Waals surface area contributed by atoms with Crippen LogP contribution in [0.3, 0.4) is 0 Å². The Balaban J connectivity index is 2.48. The molecule has 0 unspecified atom stereocenters. The van der Waals surface area contributed by atoms with E-state index >= 15 is 0 Å². The van der Waals surface area contributed by atoms with Crippen LogP contribution in [0.15, 0.2) is 36.4 Å². The second-order valence-electron chi connectivity index (χ2n) is 3.28. The summed E-state index contributed by atoms with van der Waals surface area (Å²) in [6.07, 6.45) is 0. The molecule has 0 aromatic heterocycles. The molecule has 0 aliphatic carbocycles. The molecule has 80 valence electrons. The fourth-order valence-electron chi connectivity index (χ4n) is 0.973. The van der Waals surface area contributed by atoms with Crippen LogP contribution >= 0.6 is 23.8 Å². The van der Waals surface area contributed by atoms with E-state index in [-0.39, 0.29) is 0 Å². The van der Waals surface area contributed by atoms with Gasteiger partial charge < -0.3 is 10.6 Å². The minimum absolute atomic E-state index is 0.570. The molecule has 0 heterocycles. The molecule has 2 nitrogen and oxygen atoms in total. The molecular formula is C11H13ClN2S. The summed E-state index contributed by atoms with van der Waals surface area (Å²) in [5.41, 5.74) is 1.91. The highest BCUT2D eigenvalue weighted by molar-refractivity contribution is 7.80. The lowest BCUT2D eigenvalue weighted by Crippen LogP contribution is -2.29. The number of nitrogens with one attached hydrogen (secondary N) is 2. The Bertz CT molecular complexity index is 377. The number of anilines is 1. The Morgan fingerprint density at radius 1 is 1.53 bits per heavy atom. The summed E-state index contributed by atoms with van der Waals surface area (Å²) < 4.78 is 0. The first-order valence-electron chi connectivity index (χ1n) is 4.53. The van der Waals surface area contributed by atoms with Gasteiger partial charge in [0, 0.05) is 17.3 Å². The smallest absolute Gasteiger partial charge is 0.171 e. The van der Waals surface area contributed by atoms with Gasteiger partial charge >= 0.3 is 0 Å². The third-order valence-electron chi connectivity index (χ3n) is 1.63. The number of rotatable bonds is 3. The van der Waals surface area contributed by atoms with Gasteiger partial charge in [0.05, 0.1) is 0 Å². The van der Waals surface area contributed by atoms with Crippen molar-refractivity contribution in [1.82, 2.24) is 5.32 Å². The molecule has 15 heavy (non-hydrogen) atoms. The molecule has 0 fully saturated rings. The average Bonchev–Trinajstić information content (AvgIpc) is 2.15.